The largest absolute Gasteiger partial charge is 0.195 e. The first-order valence-electron chi connectivity index (χ1n) is 2.85. The van der Waals surface area contributed by atoms with Crippen molar-refractivity contribution in [1.82, 2.24) is 0 Å². The number of halogens is 1. The van der Waals surface area contributed by atoms with Crippen molar-refractivity contribution in [2.45, 2.75) is 6.92 Å². The molecule has 1 aromatic heterocycles. The molecule has 1 heterocycles. The summed E-state index contributed by atoms with van der Waals surface area (Å²) < 4.78 is 12.4. The van der Waals surface area contributed by atoms with Gasteiger partial charge in [0.05, 0.1) is 0 Å². The summed E-state index contributed by atoms with van der Waals surface area (Å²) in [6.07, 6.45) is 1.84. The van der Waals surface area contributed by atoms with Crippen LogP contribution in [0.15, 0.2) is 18.2 Å². The fourth-order valence-corrected chi connectivity index (χ4v) is 1.51. The Balaban J connectivity index is 2.95. The van der Waals surface area contributed by atoms with Gasteiger partial charge in [0.1, 0.15) is 0 Å². The van der Waals surface area contributed by atoms with Crippen molar-refractivity contribution in [2.24, 2.45) is 0 Å². The van der Waals surface area contributed by atoms with Gasteiger partial charge in [0.15, 0.2) is 5.13 Å². The highest BCUT2D eigenvalue weighted by Crippen LogP contribution is 2.25. The average molecular weight is 174 g/mol. The molecule has 0 spiro atoms. The fraction of sp³-hybridized carbons (Fsp3) is 0.143. The molecule has 0 aliphatic carbocycles. The van der Waals surface area contributed by atoms with E-state index in [4.69, 9.17) is 0 Å². The molecule has 54 valence electrons. The lowest BCUT2D eigenvalue weighted by Crippen LogP contribution is -1.62. The molecule has 0 radical (unpaired) electrons. The lowest BCUT2D eigenvalue weighted by Gasteiger charge is -1.89. The molecule has 0 bridgehead atoms. The van der Waals surface area contributed by atoms with Crippen molar-refractivity contribution in [3.8, 4) is 0 Å². The maximum Gasteiger partial charge on any atom is 0.177 e. The van der Waals surface area contributed by atoms with Crippen LogP contribution in [0.4, 0.5) is 4.39 Å². The minimum atomic E-state index is -0.164. The smallest absolute Gasteiger partial charge is 0.177 e. The molecule has 0 fully saturated rings. The number of hydrogen-bond donors (Lipinski definition) is 1. The van der Waals surface area contributed by atoms with Crippen LogP contribution in [0.2, 0.25) is 0 Å². The van der Waals surface area contributed by atoms with E-state index in [1.807, 2.05) is 13.0 Å². The van der Waals surface area contributed by atoms with Gasteiger partial charge in [-0.05, 0) is 19.1 Å². The third-order valence-corrected chi connectivity index (χ3v) is 2.66. The van der Waals surface area contributed by atoms with Crippen LogP contribution >= 0.6 is 24.0 Å². The minimum absolute atomic E-state index is 0.164. The van der Waals surface area contributed by atoms with Crippen molar-refractivity contribution in [3.05, 3.63) is 28.2 Å². The number of thiophene rings is 1. The lowest BCUT2D eigenvalue weighted by molar-refractivity contribution is 0.657. The molecule has 1 aromatic rings. The second-order valence-corrected chi connectivity index (χ2v) is 3.29. The van der Waals surface area contributed by atoms with E-state index < -0.39 is 0 Å². The average Bonchev–Trinajstić information content (AvgIpc) is 2.34. The molecule has 0 N–H and O–H groups in total. The summed E-state index contributed by atoms with van der Waals surface area (Å²) in [6.45, 7) is 1.87. The predicted octanol–water partition coefficient (Wildman–Crippen LogP) is 3.18. The zero-order valence-corrected chi connectivity index (χ0v) is 7.18. The van der Waals surface area contributed by atoms with Crippen LogP contribution < -0.4 is 0 Å². The number of allylic oxidation sites excluding steroid dienone is 1. The molecule has 0 nitrogen and oxygen atoms in total. The van der Waals surface area contributed by atoms with Crippen LogP contribution in [0.5, 0.6) is 0 Å². The van der Waals surface area contributed by atoms with Gasteiger partial charge in [0.25, 0.3) is 0 Å². The Bertz CT molecular complexity index is 250. The number of thiol groups is 1. The standard InChI is InChI=1S/C7H7FS2/c1-2-5(9)6-3-4-7(8)10-6/h2-4,9H,1H3/b5-2-. The molecular weight excluding hydrogens is 167 g/mol. The highest BCUT2D eigenvalue weighted by Gasteiger charge is 1.99. The van der Waals surface area contributed by atoms with Crippen LogP contribution in [0.3, 0.4) is 0 Å². The molecule has 0 aromatic carbocycles. The summed E-state index contributed by atoms with van der Waals surface area (Å²) in [6, 6.07) is 3.17. The zero-order chi connectivity index (χ0) is 7.56. The second-order valence-electron chi connectivity index (χ2n) is 1.78. The van der Waals surface area contributed by atoms with E-state index in [0.29, 0.717) is 0 Å². The van der Waals surface area contributed by atoms with E-state index in [1.165, 1.54) is 6.07 Å². The van der Waals surface area contributed by atoms with Gasteiger partial charge in [0, 0.05) is 9.78 Å². The quantitative estimate of drug-likeness (QED) is 0.621. The van der Waals surface area contributed by atoms with Crippen LogP contribution in [0.1, 0.15) is 11.8 Å². The van der Waals surface area contributed by atoms with E-state index in [1.54, 1.807) is 6.07 Å². The maximum atomic E-state index is 12.4. The molecule has 0 aliphatic heterocycles. The summed E-state index contributed by atoms with van der Waals surface area (Å²) in [7, 11) is 0. The first-order chi connectivity index (χ1) is 4.74. The zero-order valence-electron chi connectivity index (χ0n) is 5.47. The predicted molar refractivity (Wildman–Crippen MR) is 46.9 cm³/mol. The van der Waals surface area contributed by atoms with E-state index in [9.17, 15) is 4.39 Å². The third-order valence-electron chi connectivity index (χ3n) is 1.10. The fourth-order valence-electron chi connectivity index (χ4n) is 0.594. The van der Waals surface area contributed by atoms with E-state index >= 15 is 0 Å². The maximum absolute atomic E-state index is 12.4. The Morgan fingerprint density at radius 3 is 2.80 bits per heavy atom. The summed E-state index contributed by atoms with van der Waals surface area (Å²) in [4.78, 5) is 1.71. The minimum Gasteiger partial charge on any atom is -0.195 e. The van der Waals surface area contributed by atoms with Gasteiger partial charge in [0.2, 0.25) is 0 Å². The molecular formula is C7H7FS2. The Morgan fingerprint density at radius 2 is 2.40 bits per heavy atom. The monoisotopic (exact) mass is 174 g/mol. The van der Waals surface area contributed by atoms with Gasteiger partial charge in [-0.25, -0.2) is 0 Å². The normalized spacial score (nSPS) is 12.1. The molecule has 1 rings (SSSR count). The first-order valence-corrected chi connectivity index (χ1v) is 4.11. The third kappa shape index (κ3) is 1.61. The van der Waals surface area contributed by atoms with E-state index in [-0.39, 0.29) is 5.13 Å². The van der Waals surface area contributed by atoms with Gasteiger partial charge in [-0.3, -0.25) is 0 Å². The van der Waals surface area contributed by atoms with E-state index in [0.717, 1.165) is 21.1 Å². The van der Waals surface area contributed by atoms with Crippen molar-refractivity contribution in [2.75, 3.05) is 0 Å². The van der Waals surface area contributed by atoms with Crippen molar-refractivity contribution in [1.29, 1.82) is 0 Å². The Kier molecular flexibility index (Phi) is 2.51. The summed E-state index contributed by atoms with van der Waals surface area (Å²) in [5, 5.41) is -0.164. The molecule has 3 heteroatoms. The van der Waals surface area contributed by atoms with E-state index in [2.05, 4.69) is 12.6 Å². The number of hydrogen-bond acceptors (Lipinski definition) is 2. The van der Waals surface area contributed by atoms with Crippen molar-refractivity contribution in [3.63, 3.8) is 0 Å². The summed E-state index contributed by atoms with van der Waals surface area (Å²) >= 11 is 5.25. The summed E-state index contributed by atoms with van der Waals surface area (Å²) in [5.74, 6) is 0. The SMILES string of the molecule is C/C=C(\S)c1ccc(F)s1. The first kappa shape index (κ1) is 7.82. The molecule has 0 saturated heterocycles. The molecule has 10 heavy (non-hydrogen) atoms. The van der Waals surface area contributed by atoms with Gasteiger partial charge < -0.3 is 0 Å². The summed E-state index contributed by atoms with van der Waals surface area (Å²) in [5.41, 5.74) is 0. The Morgan fingerprint density at radius 1 is 1.70 bits per heavy atom. The van der Waals surface area contributed by atoms with Gasteiger partial charge in [-0.1, -0.05) is 6.08 Å². The lowest BCUT2D eigenvalue weighted by atomic mass is 10.4. The van der Waals surface area contributed by atoms with Crippen molar-refractivity contribution < 1.29 is 4.39 Å². The van der Waals surface area contributed by atoms with Crippen LogP contribution in [0, 0.1) is 5.13 Å². The van der Waals surface area contributed by atoms with Crippen LogP contribution in [-0.2, 0) is 0 Å². The molecule has 0 saturated carbocycles. The Hall–Kier alpha value is -0.280. The molecule has 0 amide bonds. The van der Waals surface area contributed by atoms with Gasteiger partial charge >= 0.3 is 0 Å². The second kappa shape index (κ2) is 3.21. The Labute approximate surface area is 68.8 Å². The molecule has 0 unspecified atom stereocenters. The highest BCUT2D eigenvalue weighted by atomic mass is 32.1. The number of rotatable bonds is 1. The topological polar surface area (TPSA) is 0 Å². The molecule has 0 aliphatic rings. The highest BCUT2D eigenvalue weighted by molar-refractivity contribution is 7.90. The van der Waals surface area contributed by atoms with Gasteiger partial charge in [-0.15, -0.1) is 24.0 Å². The van der Waals surface area contributed by atoms with Crippen LogP contribution in [0.25, 0.3) is 4.91 Å². The molecule has 0 atom stereocenters. The van der Waals surface area contributed by atoms with Gasteiger partial charge in [-0.2, -0.15) is 4.39 Å². The van der Waals surface area contributed by atoms with Crippen molar-refractivity contribution >= 4 is 28.9 Å². The van der Waals surface area contributed by atoms with Crippen LogP contribution in [-0.4, -0.2) is 0 Å².